The molecule has 1 heterocycles. The third-order valence-corrected chi connectivity index (χ3v) is 15.7. The molecule has 1 aliphatic rings. The Morgan fingerprint density at radius 2 is 0.897 bits per heavy atom. The Labute approximate surface area is 234 Å². The molecule has 0 aromatic heterocycles. The van der Waals surface area contributed by atoms with Crippen molar-refractivity contribution in [2.45, 2.75) is 35.7 Å². The van der Waals surface area contributed by atoms with Crippen molar-refractivity contribution in [2.24, 2.45) is 0 Å². The van der Waals surface area contributed by atoms with E-state index in [-0.39, 0.29) is 9.79 Å². The summed E-state index contributed by atoms with van der Waals surface area (Å²) in [5.74, 6) is 0. The first-order valence-corrected chi connectivity index (χ1v) is 17.7. The second kappa shape index (κ2) is 10.4. The van der Waals surface area contributed by atoms with Crippen LogP contribution >= 0.6 is 6.57 Å². The lowest BCUT2D eigenvalue weighted by Gasteiger charge is -2.29. The molecule has 0 bridgehead atoms. The maximum Gasteiger partial charge on any atom is 0.250 e. The van der Waals surface area contributed by atoms with Crippen molar-refractivity contribution in [3.05, 3.63) is 131 Å². The lowest BCUT2D eigenvalue weighted by Crippen LogP contribution is -2.29. The van der Waals surface area contributed by atoms with E-state index in [1.807, 2.05) is 13.8 Å². The van der Waals surface area contributed by atoms with E-state index in [1.54, 1.807) is 84.9 Å². The van der Waals surface area contributed by atoms with E-state index in [9.17, 15) is 21.7 Å². The molecule has 2 atom stereocenters. The van der Waals surface area contributed by atoms with Gasteiger partial charge in [-0.3, -0.25) is 0 Å². The zero-order chi connectivity index (χ0) is 28.0. The summed E-state index contributed by atoms with van der Waals surface area (Å²) in [6.07, 6.45) is 0. The Morgan fingerprint density at radius 1 is 0.590 bits per heavy atom. The van der Waals surface area contributed by atoms with E-state index in [2.05, 4.69) is 0 Å². The number of hydrogen-bond acceptors (Lipinski definition) is 5. The molecule has 2 unspecified atom stereocenters. The molecule has 11 heteroatoms. The Kier molecular flexibility index (Phi) is 7.41. The van der Waals surface area contributed by atoms with Crippen LogP contribution in [0.5, 0.6) is 0 Å². The van der Waals surface area contributed by atoms with Crippen LogP contribution in [0.4, 0.5) is 0 Å². The van der Waals surface area contributed by atoms with E-state index in [0.29, 0.717) is 11.1 Å². The quantitative estimate of drug-likeness (QED) is 0.286. The minimum atomic E-state index is -4.48. The summed E-state index contributed by atoms with van der Waals surface area (Å²) < 4.78 is 58.8. The summed E-state index contributed by atoms with van der Waals surface area (Å²) in [5, 5.41) is 0. The Hall–Kier alpha value is -2.69. The van der Waals surface area contributed by atoms with E-state index in [1.165, 1.54) is 24.3 Å². The topological polar surface area (TPSA) is 95.0 Å². The van der Waals surface area contributed by atoms with Crippen LogP contribution in [0, 0.1) is 13.8 Å². The molecule has 0 saturated carbocycles. The average molecular weight is 599 g/mol. The van der Waals surface area contributed by atoms with Gasteiger partial charge in [0.2, 0.25) is 26.6 Å². The molecule has 7 nitrogen and oxygen atoms in total. The monoisotopic (exact) mass is 598 g/mol. The second-order valence-corrected chi connectivity index (χ2v) is 16.9. The van der Waals surface area contributed by atoms with Gasteiger partial charge in [0.15, 0.2) is 0 Å². The molecule has 1 N–H and O–H groups in total. The lowest BCUT2D eigenvalue weighted by atomic mass is 9.95. The van der Waals surface area contributed by atoms with Crippen LogP contribution in [-0.4, -0.2) is 29.9 Å². The minimum Gasteiger partial charge on any atom is -0.341 e. The van der Waals surface area contributed by atoms with Gasteiger partial charge in [0.05, 0.1) is 21.9 Å². The Balaban J connectivity index is 1.83. The average Bonchev–Trinajstić information content (AvgIpc) is 3.18. The molecule has 1 saturated heterocycles. The zero-order valence-electron chi connectivity index (χ0n) is 21.2. The van der Waals surface area contributed by atoms with Crippen molar-refractivity contribution in [3.8, 4) is 0 Å². The van der Waals surface area contributed by atoms with E-state index in [4.69, 9.17) is 11.8 Å². The SMILES string of the molecule is Cc1ccc(S(=O)(=O)N2C(c3ccccc3)C(c3ccccc3)N(S(=O)(=O)c3ccc(C)cc3)P2(O)=S)cc1. The van der Waals surface area contributed by atoms with Gasteiger partial charge in [-0.2, -0.15) is 0 Å². The van der Waals surface area contributed by atoms with Crippen molar-refractivity contribution in [2.75, 3.05) is 0 Å². The molecule has 0 aliphatic carbocycles. The smallest absolute Gasteiger partial charge is 0.250 e. The molecular weight excluding hydrogens is 571 g/mol. The van der Waals surface area contributed by atoms with Crippen LogP contribution in [0.2, 0.25) is 0 Å². The Bertz CT molecular complexity index is 1620. The van der Waals surface area contributed by atoms with Gasteiger partial charge in [0.25, 0.3) is 0 Å². The predicted molar refractivity (Wildman–Crippen MR) is 155 cm³/mol. The van der Waals surface area contributed by atoms with Gasteiger partial charge in [0.1, 0.15) is 0 Å². The largest absolute Gasteiger partial charge is 0.341 e. The van der Waals surface area contributed by atoms with Gasteiger partial charge in [-0.25, -0.2) is 16.8 Å². The van der Waals surface area contributed by atoms with Crippen LogP contribution in [0.3, 0.4) is 0 Å². The van der Waals surface area contributed by atoms with Crippen molar-refractivity contribution in [1.82, 2.24) is 8.15 Å². The molecule has 0 amide bonds. The maximum atomic E-state index is 14.3. The normalized spacial score (nSPS) is 22.6. The highest BCUT2D eigenvalue weighted by Gasteiger charge is 2.62. The number of rotatable bonds is 6. The number of sulfonamides is 2. The van der Waals surface area contributed by atoms with Crippen molar-refractivity contribution in [3.63, 3.8) is 0 Å². The molecule has 0 radical (unpaired) electrons. The third-order valence-electron chi connectivity index (χ3n) is 6.70. The standard InChI is InChI=1S/C28H27N2O5PS3/c1-21-13-17-25(18-14-21)38(32,33)29-27(23-9-5-3-6-10-23)28(24-11-7-4-8-12-24)30(36(29,31)37)39(34,35)26-19-15-22(2)16-20-26/h3-20,27-28H,1-2H3,(H,31,37). The maximum absolute atomic E-state index is 14.3. The van der Waals surface area contributed by atoms with Gasteiger partial charge < -0.3 is 4.89 Å². The van der Waals surface area contributed by atoms with Gasteiger partial charge >= 0.3 is 0 Å². The number of nitrogens with zero attached hydrogens (tertiary/aromatic N) is 2. The van der Waals surface area contributed by atoms with Crippen LogP contribution in [-0.2, 0) is 31.9 Å². The summed E-state index contributed by atoms with van der Waals surface area (Å²) in [7, 11) is -8.92. The summed E-state index contributed by atoms with van der Waals surface area (Å²) >= 11 is 5.71. The second-order valence-electron chi connectivity index (χ2n) is 9.41. The highest BCUT2D eigenvalue weighted by Crippen LogP contribution is 2.71. The van der Waals surface area contributed by atoms with Crippen molar-refractivity contribution in [1.29, 1.82) is 0 Å². The van der Waals surface area contributed by atoms with Crippen LogP contribution in [0.25, 0.3) is 0 Å². The molecule has 0 spiro atoms. The molecule has 4 aromatic carbocycles. The molecular formula is C28H27N2O5PS3. The highest BCUT2D eigenvalue weighted by atomic mass is 32.5. The fourth-order valence-corrected chi connectivity index (χ4v) is 14.2. The summed E-state index contributed by atoms with van der Waals surface area (Å²) in [6, 6.07) is 27.5. The molecule has 39 heavy (non-hydrogen) atoms. The van der Waals surface area contributed by atoms with Gasteiger partial charge in [-0.1, -0.05) is 96.1 Å². The van der Waals surface area contributed by atoms with Crippen molar-refractivity contribution < 1.29 is 21.7 Å². The molecule has 4 aromatic rings. The van der Waals surface area contributed by atoms with Crippen LogP contribution in [0.1, 0.15) is 34.3 Å². The molecule has 1 aliphatic heterocycles. The molecule has 5 rings (SSSR count). The van der Waals surface area contributed by atoms with Crippen LogP contribution in [0.15, 0.2) is 119 Å². The van der Waals surface area contributed by atoms with E-state index in [0.717, 1.165) is 19.3 Å². The van der Waals surface area contributed by atoms with Gasteiger partial charge in [0, 0.05) is 0 Å². The van der Waals surface area contributed by atoms with Crippen molar-refractivity contribution >= 4 is 38.4 Å². The summed E-state index contributed by atoms with van der Waals surface area (Å²) in [4.78, 5) is 11.9. The fraction of sp³-hybridized carbons (Fsp3) is 0.143. The number of aryl methyl sites for hydroxylation is 2. The molecule has 202 valence electrons. The first-order chi connectivity index (χ1) is 18.5. The van der Waals surface area contributed by atoms with E-state index < -0.39 is 38.7 Å². The zero-order valence-corrected chi connectivity index (χ0v) is 24.5. The minimum absolute atomic E-state index is 0.0845. The summed E-state index contributed by atoms with van der Waals surface area (Å²) in [5.41, 5.74) is 2.71. The fourth-order valence-electron chi connectivity index (χ4n) is 4.79. The van der Waals surface area contributed by atoms with Crippen LogP contribution < -0.4 is 0 Å². The number of benzene rings is 4. The van der Waals surface area contributed by atoms with Gasteiger partial charge in [-0.15, -0.1) is 8.15 Å². The third kappa shape index (κ3) is 4.91. The number of hydrogen-bond donors (Lipinski definition) is 1. The summed E-state index contributed by atoms with van der Waals surface area (Å²) in [6.45, 7) is -0.820. The first-order valence-electron chi connectivity index (χ1n) is 12.1. The highest BCUT2D eigenvalue weighted by molar-refractivity contribution is 8.18. The predicted octanol–water partition coefficient (Wildman–Crippen LogP) is 5.70. The Morgan fingerprint density at radius 3 is 1.21 bits per heavy atom. The van der Waals surface area contributed by atoms with Gasteiger partial charge in [-0.05, 0) is 61.0 Å². The lowest BCUT2D eigenvalue weighted by molar-refractivity contribution is 0.377. The molecule has 1 fully saturated rings. The first kappa shape index (κ1) is 27.9. The van der Waals surface area contributed by atoms with E-state index >= 15 is 0 Å².